The molecule has 171 valence electrons. The maximum Gasteiger partial charge on any atom is 0.0420 e. The molecule has 4 nitrogen and oxygen atoms in total. The van der Waals surface area contributed by atoms with Gasteiger partial charge in [-0.3, -0.25) is 9.19 Å². The number of fused-ring (bicyclic) bond motifs is 4. The average molecular weight is 648 g/mol. The van der Waals surface area contributed by atoms with Crippen LogP contribution in [0.1, 0.15) is 0 Å². The topological polar surface area (TPSA) is 55.7 Å². The molecule has 6 heteroatoms. The second kappa shape index (κ2) is 9.96. The molecule has 1 atom stereocenters. The minimum absolute atomic E-state index is 0. The Labute approximate surface area is 218 Å². The molecule has 7 rings (SSSR count). The number of hydrogen-bond donors (Lipinski definition) is 0. The zero-order valence-electron chi connectivity index (χ0n) is 18.3. The van der Waals surface area contributed by atoms with Crippen LogP contribution in [0.4, 0.5) is 0 Å². The van der Waals surface area contributed by atoms with Gasteiger partial charge in [-0.25, -0.2) is 0 Å². The van der Waals surface area contributed by atoms with E-state index in [2.05, 4.69) is 27.1 Å². The summed E-state index contributed by atoms with van der Waals surface area (Å²) < 4.78 is 13.0. The van der Waals surface area contributed by atoms with E-state index in [1.807, 2.05) is 85.1 Å². The maximum atomic E-state index is 13.0. The molecule has 6 aromatic rings. The van der Waals surface area contributed by atoms with E-state index in [1.54, 1.807) is 18.6 Å². The minimum Gasteiger partial charge on any atom is -0.305 e. The third-order valence-electron chi connectivity index (χ3n) is 5.73. The summed E-state index contributed by atoms with van der Waals surface area (Å²) in [5, 5.41) is 4.14. The Kier molecular flexibility index (Phi) is 6.60. The van der Waals surface area contributed by atoms with Gasteiger partial charge in [-0.1, -0.05) is 12.1 Å². The fraction of sp³-hybridized carbons (Fsp3) is 0. The van der Waals surface area contributed by atoms with Gasteiger partial charge < -0.3 is 9.97 Å². The molecule has 1 radical (unpaired) electrons. The largest absolute Gasteiger partial charge is 0.305 e. The summed E-state index contributed by atoms with van der Waals surface area (Å²) in [5.41, 5.74) is 3.71. The average Bonchev–Trinajstić information content (AvgIpc) is 2.93. The monoisotopic (exact) mass is 648 g/mol. The van der Waals surface area contributed by atoms with Gasteiger partial charge in [-0.05, 0) is 56.7 Å². The van der Waals surface area contributed by atoms with Crippen molar-refractivity contribution >= 4 is 32.3 Å². The molecule has 0 spiro atoms. The third kappa shape index (κ3) is 4.21. The maximum absolute atomic E-state index is 13.0. The molecule has 0 bridgehead atoms. The van der Waals surface area contributed by atoms with Crippen LogP contribution in [0.5, 0.6) is 0 Å². The number of aromatic nitrogens is 3. The van der Waals surface area contributed by atoms with Crippen molar-refractivity contribution in [1.82, 2.24) is 15.0 Å². The van der Waals surface area contributed by atoms with Gasteiger partial charge in [0.25, 0.3) is 0 Å². The van der Waals surface area contributed by atoms with Gasteiger partial charge >= 0.3 is 0 Å². The van der Waals surface area contributed by atoms with Crippen molar-refractivity contribution in [1.29, 1.82) is 0 Å². The Morgan fingerprint density at radius 2 is 1.60 bits per heavy atom. The summed E-state index contributed by atoms with van der Waals surface area (Å²) in [6.07, 6.45) is 7.19. The molecule has 0 amide bonds. The standard InChI is InChI=1S/C18H9N2OS.C11H8N.Ir/c21-22-15-4-2-1-3-14(15)18-17-13(6-8-20-18)12-5-7-19-10-11(12)9-16(17)22;1-2-6-10(7-3-1)11-8-4-5-9-12-11;/h1-2,4-10H;1-6,8-9H;/q2*-1;. The summed E-state index contributed by atoms with van der Waals surface area (Å²) >= 11 is 0. The van der Waals surface area contributed by atoms with Gasteiger partial charge in [0, 0.05) is 66.0 Å². The quantitative estimate of drug-likeness (QED) is 0.156. The summed E-state index contributed by atoms with van der Waals surface area (Å²) in [5.74, 6) is 0. The van der Waals surface area contributed by atoms with Crippen molar-refractivity contribution in [3.05, 3.63) is 116 Å². The molecule has 0 fully saturated rings. The molecular weight excluding hydrogens is 631 g/mol. The molecule has 3 aromatic heterocycles. The van der Waals surface area contributed by atoms with Crippen molar-refractivity contribution < 1.29 is 24.3 Å². The Bertz CT molecular complexity index is 1640. The zero-order valence-corrected chi connectivity index (χ0v) is 21.5. The fourth-order valence-electron chi connectivity index (χ4n) is 4.21. The van der Waals surface area contributed by atoms with Crippen LogP contribution >= 0.6 is 0 Å². The first kappa shape index (κ1) is 23.2. The molecule has 35 heavy (non-hydrogen) atoms. The van der Waals surface area contributed by atoms with Gasteiger partial charge in [-0.2, -0.15) is 0 Å². The van der Waals surface area contributed by atoms with Crippen LogP contribution < -0.4 is 0 Å². The molecule has 3 aromatic carbocycles. The second-order valence-electron chi connectivity index (χ2n) is 7.72. The molecule has 0 N–H and O–H groups in total. The molecule has 4 heterocycles. The van der Waals surface area contributed by atoms with Crippen molar-refractivity contribution in [3.8, 4) is 22.5 Å². The normalized spacial score (nSPS) is 13.3. The van der Waals surface area contributed by atoms with E-state index < -0.39 is 10.8 Å². The second-order valence-corrected chi connectivity index (χ2v) is 9.14. The number of nitrogens with zero attached hydrogens (tertiary/aromatic N) is 3. The molecule has 1 aliphatic rings. The summed E-state index contributed by atoms with van der Waals surface area (Å²) in [4.78, 5) is 14.5. The molecule has 0 aliphatic carbocycles. The van der Waals surface area contributed by atoms with Gasteiger partial charge in [0.1, 0.15) is 0 Å². The summed E-state index contributed by atoms with van der Waals surface area (Å²) in [6.45, 7) is 0. The zero-order chi connectivity index (χ0) is 22.9. The molecule has 0 saturated heterocycles. The van der Waals surface area contributed by atoms with Crippen molar-refractivity contribution in [2.75, 3.05) is 0 Å². The SMILES string of the molecule is O=S1c2ccc[c-]c2-c2nccc3c2c1cc1cnccc13.[Ir].[c-]1ccccc1-c1ccccn1. The number of pyridine rings is 3. The van der Waals surface area contributed by atoms with E-state index in [0.29, 0.717) is 0 Å². The van der Waals surface area contributed by atoms with Crippen LogP contribution in [-0.2, 0) is 30.9 Å². The predicted molar refractivity (Wildman–Crippen MR) is 134 cm³/mol. The van der Waals surface area contributed by atoms with E-state index in [0.717, 1.165) is 53.9 Å². The first-order chi connectivity index (χ1) is 16.8. The fourth-order valence-corrected chi connectivity index (χ4v) is 5.61. The first-order valence-electron chi connectivity index (χ1n) is 10.8. The van der Waals surface area contributed by atoms with Crippen molar-refractivity contribution in [3.63, 3.8) is 0 Å². The Balaban J connectivity index is 0.000000167. The van der Waals surface area contributed by atoms with Crippen LogP contribution in [-0.4, -0.2) is 19.2 Å². The van der Waals surface area contributed by atoms with Crippen LogP contribution in [0, 0.1) is 12.1 Å². The van der Waals surface area contributed by atoms with E-state index in [4.69, 9.17) is 0 Å². The first-order valence-corrected chi connectivity index (χ1v) is 11.9. The number of hydrogen-bond acceptors (Lipinski definition) is 4. The van der Waals surface area contributed by atoms with Gasteiger partial charge in [0.2, 0.25) is 0 Å². The van der Waals surface area contributed by atoms with E-state index in [-0.39, 0.29) is 20.1 Å². The number of rotatable bonds is 1. The Hall–Kier alpha value is -3.57. The van der Waals surface area contributed by atoms with Crippen LogP contribution in [0.15, 0.2) is 113 Å². The van der Waals surface area contributed by atoms with Crippen LogP contribution in [0.2, 0.25) is 0 Å². The molecule has 0 saturated carbocycles. The molecular formula is C29H17IrN3OS-2. The molecule has 1 unspecified atom stereocenters. The third-order valence-corrected chi connectivity index (χ3v) is 7.19. The van der Waals surface area contributed by atoms with E-state index >= 15 is 0 Å². The summed E-state index contributed by atoms with van der Waals surface area (Å²) in [7, 11) is -1.22. The van der Waals surface area contributed by atoms with Crippen LogP contribution in [0.25, 0.3) is 44.1 Å². The molecule has 1 aliphatic heterocycles. The minimum atomic E-state index is -1.22. The van der Waals surface area contributed by atoms with E-state index in [9.17, 15) is 4.21 Å². The van der Waals surface area contributed by atoms with Crippen molar-refractivity contribution in [2.45, 2.75) is 9.79 Å². The van der Waals surface area contributed by atoms with E-state index in [1.165, 1.54) is 0 Å². The van der Waals surface area contributed by atoms with Gasteiger partial charge in [0.05, 0.1) is 0 Å². The Morgan fingerprint density at radius 1 is 0.743 bits per heavy atom. The summed E-state index contributed by atoms with van der Waals surface area (Å²) in [6, 6.07) is 31.6. The smallest absolute Gasteiger partial charge is 0.0420 e. The Morgan fingerprint density at radius 3 is 2.43 bits per heavy atom. The van der Waals surface area contributed by atoms with Gasteiger partial charge in [0.15, 0.2) is 0 Å². The predicted octanol–water partition coefficient (Wildman–Crippen LogP) is 6.28. The van der Waals surface area contributed by atoms with Crippen molar-refractivity contribution in [2.24, 2.45) is 0 Å². The van der Waals surface area contributed by atoms with Crippen LogP contribution in [0.3, 0.4) is 0 Å². The number of benzene rings is 3. The van der Waals surface area contributed by atoms with Gasteiger partial charge in [-0.15, -0.1) is 65.7 Å².